The van der Waals surface area contributed by atoms with Crippen LogP contribution in [-0.2, 0) is 12.7 Å². The highest BCUT2D eigenvalue weighted by Gasteiger charge is 2.32. The number of nitrogens with zero attached hydrogens (tertiary/aromatic N) is 2. The van der Waals surface area contributed by atoms with Crippen LogP contribution in [0.25, 0.3) is 11.3 Å². The second kappa shape index (κ2) is 7.48. The molecule has 0 saturated carbocycles. The van der Waals surface area contributed by atoms with Gasteiger partial charge in [0.25, 0.3) is 5.91 Å². The number of aromatic nitrogens is 2. The number of pyridine rings is 1. The van der Waals surface area contributed by atoms with E-state index in [0.29, 0.717) is 17.2 Å². The number of amides is 1. The summed E-state index contributed by atoms with van der Waals surface area (Å²) in [7, 11) is 1.54. The third kappa shape index (κ3) is 4.25. The summed E-state index contributed by atoms with van der Waals surface area (Å²) in [5.74, 6) is 0.424. The predicted octanol–water partition coefficient (Wildman–Crippen LogP) is 3.69. The maximum Gasteiger partial charge on any atom is 0.433 e. The molecule has 0 fully saturated rings. The number of ether oxygens (including phenoxy) is 1. The van der Waals surface area contributed by atoms with E-state index >= 15 is 0 Å². The van der Waals surface area contributed by atoms with Crippen molar-refractivity contribution >= 4 is 5.91 Å². The fourth-order valence-electron chi connectivity index (χ4n) is 2.34. The molecule has 3 aromatic rings. The summed E-state index contributed by atoms with van der Waals surface area (Å²) in [5, 5.41) is 6.48. The van der Waals surface area contributed by atoms with E-state index < -0.39 is 17.8 Å². The Balaban J connectivity index is 1.65. The number of alkyl halides is 3. The molecule has 1 N–H and O–H groups in total. The number of para-hydroxylation sites is 1. The van der Waals surface area contributed by atoms with Gasteiger partial charge in [0.1, 0.15) is 17.1 Å². The molecule has 0 unspecified atom stereocenters. The Hall–Kier alpha value is -3.36. The fourth-order valence-corrected chi connectivity index (χ4v) is 2.34. The third-order valence-electron chi connectivity index (χ3n) is 3.68. The third-order valence-corrected chi connectivity index (χ3v) is 3.68. The molecule has 0 saturated heterocycles. The molecule has 3 rings (SSSR count). The van der Waals surface area contributed by atoms with Crippen molar-refractivity contribution in [2.75, 3.05) is 7.11 Å². The molecule has 0 atom stereocenters. The molecule has 6 nitrogen and oxygen atoms in total. The van der Waals surface area contributed by atoms with Crippen LogP contribution in [-0.4, -0.2) is 23.2 Å². The largest absolute Gasteiger partial charge is 0.496 e. The zero-order valence-electron chi connectivity index (χ0n) is 14.1. The molecule has 1 amide bonds. The molecule has 0 bridgehead atoms. The van der Waals surface area contributed by atoms with E-state index in [-0.39, 0.29) is 12.1 Å². The maximum absolute atomic E-state index is 12.5. The monoisotopic (exact) mass is 377 g/mol. The number of halogens is 3. The summed E-state index contributed by atoms with van der Waals surface area (Å²) in [6, 6.07) is 10.7. The number of hydrogen-bond acceptors (Lipinski definition) is 5. The summed E-state index contributed by atoms with van der Waals surface area (Å²) >= 11 is 0. The summed E-state index contributed by atoms with van der Waals surface area (Å²) in [6.45, 7) is 0.0159. The first-order valence-electron chi connectivity index (χ1n) is 7.79. The van der Waals surface area contributed by atoms with Gasteiger partial charge in [0, 0.05) is 17.8 Å². The van der Waals surface area contributed by atoms with E-state index in [1.807, 2.05) is 18.2 Å². The van der Waals surface area contributed by atoms with Gasteiger partial charge in [-0.15, -0.1) is 0 Å². The summed E-state index contributed by atoms with van der Waals surface area (Å²) in [5.41, 5.74) is 0.212. The van der Waals surface area contributed by atoms with Crippen LogP contribution >= 0.6 is 0 Å². The Kier molecular flexibility index (Phi) is 5.11. The second-order valence-electron chi connectivity index (χ2n) is 5.49. The topological polar surface area (TPSA) is 77.2 Å². The first kappa shape index (κ1) is 18.4. The van der Waals surface area contributed by atoms with Gasteiger partial charge in [-0.25, -0.2) is 0 Å². The SMILES string of the molecule is COc1ccccc1-c1cc(CNC(=O)c2ccc(C(F)(F)F)nc2)on1. The van der Waals surface area contributed by atoms with Gasteiger partial charge in [-0.3, -0.25) is 9.78 Å². The van der Waals surface area contributed by atoms with Gasteiger partial charge in [-0.2, -0.15) is 13.2 Å². The molecule has 0 spiro atoms. The highest BCUT2D eigenvalue weighted by atomic mass is 19.4. The van der Waals surface area contributed by atoms with Crippen LogP contribution < -0.4 is 10.1 Å². The zero-order chi connectivity index (χ0) is 19.4. The number of nitrogens with one attached hydrogen (secondary N) is 1. The van der Waals surface area contributed by atoms with E-state index in [9.17, 15) is 18.0 Å². The summed E-state index contributed by atoms with van der Waals surface area (Å²) in [4.78, 5) is 15.3. The van der Waals surface area contributed by atoms with Gasteiger partial charge in [-0.05, 0) is 24.3 Å². The average molecular weight is 377 g/mol. The van der Waals surface area contributed by atoms with Gasteiger partial charge in [-0.1, -0.05) is 17.3 Å². The Morgan fingerprint density at radius 3 is 2.67 bits per heavy atom. The van der Waals surface area contributed by atoms with Crippen LogP contribution in [0.4, 0.5) is 13.2 Å². The number of carbonyl (C=O) groups excluding carboxylic acids is 1. The van der Waals surface area contributed by atoms with E-state index in [2.05, 4.69) is 15.5 Å². The minimum atomic E-state index is -4.55. The highest BCUT2D eigenvalue weighted by Crippen LogP contribution is 2.29. The predicted molar refractivity (Wildman–Crippen MR) is 88.9 cm³/mol. The lowest BCUT2D eigenvalue weighted by Crippen LogP contribution is -2.23. The molecule has 1 aromatic carbocycles. The quantitative estimate of drug-likeness (QED) is 0.734. The Morgan fingerprint density at radius 2 is 2.00 bits per heavy atom. The van der Waals surface area contributed by atoms with Crippen molar-refractivity contribution in [1.29, 1.82) is 0 Å². The molecule has 140 valence electrons. The molecule has 27 heavy (non-hydrogen) atoms. The lowest BCUT2D eigenvalue weighted by Gasteiger charge is -2.06. The lowest BCUT2D eigenvalue weighted by molar-refractivity contribution is -0.141. The molecule has 0 aliphatic rings. The van der Waals surface area contributed by atoms with E-state index in [1.165, 1.54) is 7.11 Å². The van der Waals surface area contributed by atoms with Crippen molar-refractivity contribution in [1.82, 2.24) is 15.5 Å². The standard InChI is InChI=1S/C18H14F3N3O3/c1-26-15-5-3-2-4-13(15)14-8-12(27-24-14)10-23-17(25)11-6-7-16(22-9-11)18(19,20)21/h2-9H,10H2,1H3,(H,23,25). The zero-order valence-corrected chi connectivity index (χ0v) is 14.1. The summed E-state index contributed by atoms with van der Waals surface area (Å²) in [6.07, 6.45) is -3.68. The highest BCUT2D eigenvalue weighted by molar-refractivity contribution is 5.93. The molecule has 0 aliphatic carbocycles. The molecular weight excluding hydrogens is 363 g/mol. The molecule has 0 radical (unpaired) electrons. The minimum Gasteiger partial charge on any atom is -0.496 e. The molecule has 2 aromatic heterocycles. The second-order valence-corrected chi connectivity index (χ2v) is 5.49. The van der Waals surface area contributed by atoms with Crippen LogP contribution in [0.2, 0.25) is 0 Å². The Bertz CT molecular complexity index is 937. The lowest BCUT2D eigenvalue weighted by atomic mass is 10.1. The van der Waals surface area contributed by atoms with Crippen molar-refractivity contribution in [2.24, 2.45) is 0 Å². The Labute approximate surface area is 152 Å². The number of benzene rings is 1. The van der Waals surface area contributed by atoms with Crippen LogP contribution in [0.3, 0.4) is 0 Å². The smallest absolute Gasteiger partial charge is 0.433 e. The van der Waals surface area contributed by atoms with Gasteiger partial charge >= 0.3 is 6.18 Å². The van der Waals surface area contributed by atoms with Crippen molar-refractivity contribution in [2.45, 2.75) is 12.7 Å². The molecule has 0 aliphatic heterocycles. The number of carbonyl (C=O) groups is 1. The van der Waals surface area contributed by atoms with E-state index in [1.54, 1.807) is 12.1 Å². The first-order chi connectivity index (χ1) is 12.9. The maximum atomic E-state index is 12.5. The van der Waals surface area contributed by atoms with Crippen LogP contribution in [0.5, 0.6) is 5.75 Å². The van der Waals surface area contributed by atoms with Gasteiger partial charge < -0.3 is 14.6 Å². The molecule has 9 heteroatoms. The van der Waals surface area contributed by atoms with Crippen LogP contribution in [0.1, 0.15) is 21.8 Å². The van der Waals surface area contributed by atoms with Crippen LogP contribution in [0.15, 0.2) is 53.2 Å². The molecular formula is C18H14F3N3O3. The number of hydrogen-bond donors (Lipinski definition) is 1. The number of methoxy groups -OCH3 is 1. The van der Waals surface area contributed by atoms with Crippen molar-refractivity contribution in [3.8, 4) is 17.0 Å². The number of rotatable bonds is 5. The van der Waals surface area contributed by atoms with Crippen molar-refractivity contribution < 1.29 is 27.2 Å². The van der Waals surface area contributed by atoms with Gasteiger partial charge in [0.2, 0.25) is 0 Å². The Morgan fingerprint density at radius 1 is 1.22 bits per heavy atom. The van der Waals surface area contributed by atoms with Crippen molar-refractivity contribution in [3.05, 3.63) is 65.7 Å². The van der Waals surface area contributed by atoms with E-state index in [0.717, 1.165) is 23.9 Å². The van der Waals surface area contributed by atoms with Crippen molar-refractivity contribution in [3.63, 3.8) is 0 Å². The van der Waals surface area contributed by atoms with Crippen LogP contribution in [0, 0.1) is 0 Å². The summed E-state index contributed by atoms with van der Waals surface area (Å²) < 4.78 is 47.9. The normalized spacial score (nSPS) is 11.3. The minimum absolute atomic E-state index is 0.00691. The first-order valence-corrected chi connectivity index (χ1v) is 7.79. The molecule has 2 heterocycles. The van der Waals surface area contributed by atoms with Gasteiger partial charge in [0.05, 0.1) is 19.2 Å². The average Bonchev–Trinajstić information content (AvgIpc) is 3.14. The van der Waals surface area contributed by atoms with E-state index in [4.69, 9.17) is 9.26 Å². The fraction of sp³-hybridized carbons (Fsp3) is 0.167. The van der Waals surface area contributed by atoms with Gasteiger partial charge in [0.15, 0.2) is 5.76 Å².